The standard InChI is InChI=1S/C28H34O7/c1-17(2)33-26(29)24(16-20-12-14-21(32-7)15-13-20)22-10-8-9-11-23(22)25(27(30)34-18(3)4)28(31)35-19(5)6/h8-19,25H,1-7H3/b24-16-. The van der Waals surface area contributed by atoms with Gasteiger partial charge in [-0.1, -0.05) is 36.4 Å². The number of rotatable bonds is 10. The summed E-state index contributed by atoms with van der Waals surface area (Å²) in [6, 6.07) is 13.8. The smallest absolute Gasteiger partial charge is 0.339 e. The second-order valence-electron chi connectivity index (χ2n) is 8.78. The highest BCUT2D eigenvalue weighted by atomic mass is 16.6. The number of carbonyl (C=O) groups is 3. The summed E-state index contributed by atoms with van der Waals surface area (Å²) in [5.74, 6) is -2.79. The number of esters is 3. The van der Waals surface area contributed by atoms with Crippen LogP contribution in [0.2, 0.25) is 0 Å². The van der Waals surface area contributed by atoms with E-state index in [-0.39, 0.29) is 11.7 Å². The highest BCUT2D eigenvalue weighted by Crippen LogP contribution is 2.31. The summed E-state index contributed by atoms with van der Waals surface area (Å²) in [6.45, 7) is 10.3. The molecule has 0 aromatic heterocycles. The molecule has 0 atom stereocenters. The van der Waals surface area contributed by atoms with Gasteiger partial charge in [0.2, 0.25) is 0 Å². The number of hydrogen-bond donors (Lipinski definition) is 0. The molecule has 2 aromatic carbocycles. The Morgan fingerprint density at radius 2 is 1.23 bits per heavy atom. The Morgan fingerprint density at radius 3 is 1.71 bits per heavy atom. The van der Waals surface area contributed by atoms with Crippen LogP contribution in [-0.2, 0) is 28.6 Å². The molecule has 0 saturated heterocycles. The van der Waals surface area contributed by atoms with Crippen molar-refractivity contribution in [2.75, 3.05) is 7.11 Å². The van der Waals surface area contributed by atoms with Gasteiger partial charge in [0.15, 0.2) is 5.92 Å². The summed E-state index contributed by atoms with van der Waals surface area (Å²) in [7, 11) is 1.57. The van der Waals surface area contributed by atoms with Gasteiger partial charge >= 0.3 is 17.9 Å². The van der Waals surface area contributed by atoms with E-state index >= 15 is 0 Å². The van der Waals surface area contributed by atoms with E-state index in [2.05, 4.69) is 0 Å². The number of hydrogen-bond acceptors (Lipinski definition) is 7. The first kappa shape index (κ1) is 27.6. The molecule has 0 N–H and O–H groups in total. The van der Waals surface area contributed by atoms with Gasteiger partial charge in [0.05, 0.1) is 31.0 Å². The van der Waals surface area contributed by atoms with E-state index < -0.39 is 36.0 Å². The van der Waals surface area contributed by atoms with Gasteiger partial charge in [-0.3, -0.25) is 9.59 Å². The van der Waals surface area contributed by atoms with Crippen LogP contribution in [0.4, 0.5) is 0 Å². The highest BCUT2D eigenvalue weighted by molar-refractivity contribution is 6.22. The third kappa shape index (κ3) is 7.98. The molecular weight excluding hydrogens is 448 g/mol. The molecule has 35 heavy (non-hydrogen) atoms. The third-order valence-corrected chi connectivity index (χ3v) is 4.73. The first-order valence-electron chi connectivity index (χ1n) is 11.6. The minimum atomic E-state index is -1.37. The van der Waals surface area contributed by atoms with Crippen LogP contribution in [-0.4, -0.2) is 43.3 Å². The van der Waals surface area contributed by atoms with Gasteiger partial charge in [-0.25, -0.2) is 4.79 Å². The Hall–Kier alpha value is -3.61. The molecule has 2 aromatic rings. The molecular formula is C28H34O7. The summed E-state index contributed by atoms with van der Waals surface area (Å²) in [6.07, 6.45) is 0.400. The normalized spacial score (nSPS) is 11.7. The third-order valence-electron chi connectivity index (χ3n) is 4.73. The van der Waals surface area contributed by atoms with Crippen molar-refractivity contribution in [1.82, 2.24) is 0 Å². The second kappa shape index (κ2) is 12.7. The second-order valence-corrected chi connectivity index (χ2v) is 8.78. The maximum absolute atomic E-state index is 13.2. The van der Waals surface area contributed by atoms with E-state index in [0.717, 1.165) is 0 Å². The van der Waals surface area contributed by atoms with Gasteiger partial charge in [0.1, 0.15) is 5.75 Å². The van der Waals surface area contributed by atoms with Crippen molar-refractivity contribution >= 4 is 29.6 Å². The molecule has 188 valence electrons. The van der Waals surface area contributed by atoms with Gasteiger partial charge in [-0.05, 0) is 76.4 Å². The first-order chi connectivity index (χ1) is 16.5. The lowest BCUT2D eigenvalue weighted by Gasteiger charge is -2.22. The zero-order valence-electron chi connectivity index (χ0n) is 21.4. The number of carbonyl (C=O) groups excluding carboxylic acids is 3. The Labute approximate surface area is 207 Å². The Balaban J connectivity index is 2.70. The summed E-state index contributed by atoms with van der Waals surface area (Å²) in [4.78, 5) is 39.3. The van der Waals surface area contributed by atoms with Crippen molar-refractivity contribution in [2.24, 2.45) is 0 Å². The Morgan fingerprint density at radius 1 is 0.714 bits per heavy atom. The van der Waals surface area contributed by atoms with E-state index in [0.29, 0.717) is 22.4 Å². The first-order valence-corrected chi connectivity index (χ1v) is 11.6. The zero-order valence-corrected chi connectivity index (χ0v) is 21.4. The van der Waals surface area contributed by atoms with E-state index in [1.807, 2.05) is 0 Å². The molecule has 0 aliphatic carbocycles. The maximum Gasteiger partial charge on any atom is 0.339 e. The van der Waals surface area contributed by atoms with Crippen LogP contribution in [0.1, 0.15) is 64.2 Å². The molecule has 0 saturated carbocycles. The Kier molecular flexibility index (Phi) is 10.1. The van der Waals surface area contributed by atoms with E-state index in [4.69, 9.17) is 18.9 Å². The number of benzene rings is 2. The Bertz CT molecular complexity index is 1030. The van der Waals surface area contributed by atoms with Crippen molar-refractivity contribution in [3.05, 3.63) is 65.2 Å². The van der Waals surface area contributed by atoms with E-state index in [1.165, 1.54) is 0 Å². The average molecular weight is 483 g/mol. The molecule has 2 rings (SSSR count). The highest BCUT2D eigenvalue weighted by Gasteiger charge is 2.36. The van der Waals surface area contributed by atoms with Gasteiger partial charge < -0.3 is 18.9 Å². The molecule has 0 radical (unpaired) electrons. The van der Waals surface area contributed by atoms with Crippen LogP contribution >= 0.6 is 0 Å². The van der Waals surface area contributed by atoms with Crippen molar-refractivity contribution in [1.29, 1.82) is 0 Å². The molecule has 0 heterocycles. The minimum Gasteiger partial charge on any atom is -0.497 e. The van der Waals surface area contributed by atoms with Gasteiger partial charge in [0, 0.05) is 0 Å². The van der Waals surface area contributed by atoms with Crippen LogP contribution in [0.15, 0.2) is 48.5 Å². The predicted octanol–water partition coefficient (Wildman–Crippen LogP) is 5.17. The quantitative estimate of drug-likeness (QED) is 0.152. The van der Waals surface area contributed by atoms with Crippen LogP contribution in [0.25, 0.3) is 11.6 Å². The summed E-state index contributed by atoms with van der Waals surface area (Å²) < 4.78 is 21.5. The van der Waals surface area contributed by atoms with Gasteiger partial charge in [0.25, 0.3) is 0 Å². The van der Waals surface area contributed by atoms with Crippen molar-refractivity contribution in [2.45, 2.75) is 65.8 Å². The monoisotopic (exact) mass is 482 g/mol. The number of methoxy groups -OCH3 is 1. The molecule has 0 amide bonds. The van der Waals surface area contributed by atoms with Gasteiger partial charge in [-0.2, -0.15) is 0 Å². The molecule has 0 aliphatic heterocycles. The molecule has 0 fully saturated rings. The van der Waals surface area contributed by atoms with Crippen molar-refractivity contribution in [3.8, 4) is 5.75 Å². The van der Waals surface area contributed by atoms with Crippen molar-refractivity contribution < 1.29 is 33.3 Å². The molecule has 7 heteroatoms. The summed E-state index contributed by atoms with van der Waals surface area (Å²) in [5, 5.41) is 0. The lowest BCUT2D eigenvalue weighted by Crippen LogP contribution is -2.30. The van der Waals surface area contributed by atoms with E-state index in [1.54, 1.807) is 103 Å². The largest absolute Gasteiger partial charge is 0.497 e. The average Bonchev–Trinajstić information content (AvgIpc) is 2.77. The van der Waals surface area contributed by atoms with Crippen molar-refractivity contribution in [3.63, 3.8) is 0 Å². The van der Waals surface area contributed by atoms with Crippen LogP contribution in [0, 0.1) is 0 Å². The van der Waals surface area contributed by atoms with Crippen LogP contribution < -0.4 is 4.74 Å². The SMILES string of the molecule is COc1ccc(/C=C(\C(=O)OC(C)C)c2ccccc2C(C(=O)OC(C)C)C(=O)OC(C)C)cc1. The molecule has 0 aliphatic rings. The maximum atomic E-state index is 13.2. The van der Waals surface area contributed by atoms with E-state index in [9.17, 15) is 14.4 Å². The molecule has 0 spiro atoms. The summed E-state index contributed by atoms with van der Waals surface area (Å²) in [5.41, 5.74) is 1.58. The topological polar surface area (TPSA) is 88.1 Å². The number of ether oxygens (including phenoxy) is 4. The molecule has 7 nitrogen and oxygen atoms in total. The fraction of sp³-hybridized carbons (Fsp3) is 0.393. The lowest BCUT2D eigenvalue weighted by atomic mass is 9.89. The molecule has 0 unspecified atom stereocenters. The fourth-order valence-electron chi connectivity index (χ4n) is 3.34. The van der Waals surface area contributed by atoms with Gasteiger partial charge in [-0.15, -0.1) is 0 Å². The fourth-order valence-corrected chi connectivity index (χ4v) is 3.34. The van der Waals surface area contributed by atoms with Crippen LogP contribution in [0.3, 0.4) is 0 Å². The zero-order chi connectivity index (χ0) is 26.1. The lowest BCUT2D eigenvalue weighted by molar-refractivity contribution is -0.161. The predicted molar refractivity (Wildman–Crippen MR) is 134 cm³/mol. The molecule has 0 bridgehead atoms. The van der Waals surface area contributed by atoms with Crippen LogP contribution in [0.5, 0.6) is 5.75 Å². The summed E-state index contributed by atoms with van der Waals surface area (Å²) >= 11 is 0. The minimum absolute atomic E-state index is 0.194.